The number of carbonyl (C=O) groups excluding carboxylic acids is 2. The summed E-state index contributed by atoms with van der Waals surface area (Å²) in [5, 5.41) is 2.94. The molecule has 0 spiro atoms. The van der Waals surface area contributed by atoms with Crippen LogP contribution in [-0.4, -0.2) is 18.4 Å². The van der Waals surface area contributed by atoms with Crippen molar-refractivity contribution in [1.82, 2.24) is 0 Å². The maximum atomic E-state index is 12.5. The number of nitrogens with zero attached hydrogens (tertiary/aromatic N) is 1. The standard InChI is InChI=1S/C19H20N2O2/c1-13-9-10-15(12-14(13)2)19(23)20-16-6-3-4-7-17(16)21-11-5-8-18(21)22/h3-4,6-7,9-10,12H,5,8,11H2,1-2H3,(H,20,23). The number of hydrogen-bond donors (Lipinski definition) is 1. The number of para-hydroxylation sites is 2. The molecule has 0 bridgehead atoms. The van der Waals surface area contributed by atoms with Crippen molar-refractivity contribution in [3.05, 3.63) is 59.2 Å². The molecule has 0 saturated carbocycles. The molecule has 1 heterocycles. The zero-order chi connectivity index (χ0) is 16.4. The number of amides is 2. The van der Waals surface area contributed by atoms with Crippen LogP contribution >= 0.6 is 0 Å². The second-order valence-corrected chi connectivity index (χ2v) is 5.92. The largest absolute Gasteiger partial charge is 0.320 e. The number of hydrogen-bond acceptors (Lipinski definition) is 2. The highest BCUT2D eigenvalue weighted by Gasteiger charge is 2.24. The lowest BCUT2D eigenvalue weighted by Gasteiger charge is -2.20. The fourth-order valence-corrected chi connectivity index (χ4v) is 2.79. The van der Waals surface area contributed by atoms with E-state index in [2.05, 4.69) is 5.32 Å². The molecule has 2 aromatic carbocycles. The summed E-state index contributed by atoms with van der Waals surface area (Å²) in [6, 6.07) is 13.1. The van der Waals surface area contributed by atoms with Crippen LogP contribution in [0.25, 0.3) is 0 Å². The predicted molar refractivity (Wildman–Crippen MR) is 91.9 cm³/mol. The van der Waals surface area contributed by atoms with Gasteiger partial charge in [-0.1, -0.05) is 18.2 Å². The van der Waals surface area contributed by atoms with Gasteiger partial charge in [0.2, 0.25) is 5.91 Å². The van der Waals surface area contributed by atoms with Crippen LogP contribution in [-0.2, 0) is 4.79 Å². The summed E-state index contributed by atoms with van der Waals surface area (Å²) in [6.07, 6.45) is 1.43. The first kappa shape index (κ1) is 15.3. The van der Waals surface area contributed by atoms with Crippen molar-refractivity contribution in [1.29, 1.82) is 0 Å². The highest BCUT2D eigenvalue weighted by atomic mass is 16.2. The van der Waals surface area contributed by atoms with E-state index in [1.807, 2.05) is 56.3 Å². The monoisotopic (exact) mass is 308 g/mol. The lowest BCUT2D eigenvalue weighted by Crippen LogP contribution is -2.25. The summed E-state index contributed by atoms with van der Waals surface area (Å²) in [5.41, 5.74) is 4.30. The van der Waals surface area contributed by atoms with Gasteiger partial charge >= 0.3 is 0 Å². The van der Waals surface area contributed by atoms with Gasteiger partial charge in [-0.3, -0.25) is 9.59 Å². The minimum Gasteiger partial charge on any atom is -0.320 e. The van der Waals surface area contributed by atoms with Crippen molar-refractivity contribution in [2.24, 2.45) is 0 Å². The fraction of sp³-hybridized carbons (Fsp3) is 0.263. The third kappa shape index (κ3) is 3.11. The van der Waals surface area contributed by atoms with Gasteiger partial charge in [-0.05, 0) is 55.7 Å². The van der Waals surface area contributed by atoms with Gasteiger partial charge in [0.15, 0.2) is 0 Å². The van der Waals surface area contributed by atoms with Crippen LogP contribution < -0.4 is 10.2 Å². The van der Waals surface area contributed by atoms with Crippen LogP contribution in [0.1, 0.15) is 34.3 Å². The van der Waals surface area contributed by atoms with Crippen LogP contribution in [0.3, 0.4) is 0 Å². The van der Waals surface area contributed by atoms with E-state index >= 15 is 0 Å². The molecular formula is C19H20N2O2. The van der Waals surface area contributed by atoms with E-state index in [9.17, 15) is 9.59 Å². The van der Waals surface area contributed by atoms with E-state index in [-0.39, 0.29) is 11.8 Å². The average Bonchev–Trinajstić information content (AvgIpc) is 2.96. The third-order valence-corrected chi connectivity index (χ3v) is 4.29. The molecule has 1 fully saturated rings. The highest BCUT2D eigenvalue weighted by Crippen LogP contribution is 2.29. The van der Waals surface area contributed by atoms with Crippen LogP contribution in [0, 0.1) is 13.8 Å². The first-order valence-electron chi connectivity index (χ1n) is 7.84. The van der Waals surface area contributed by atoms with Crippen LogP contribution in [0.4, 0.5) is 11.4 Å². The van der Waals surface area contributed by atoms with E-state index in [0.29, 0.717) is 24.2 Å². The highest BCUT2D eigenvalue weighted by molar-refractivity contribution is 6.08. The maximum absolute atomic E-state index is 12.5. The molecular weight excluding hydrogens is 288 g/mol. The Morgan fingerprint density at radius 1 is 1.09 bits per heavy atom. The number of aryl methyl sites for hydroxylation is 2. The molecule has 1 aliphatic rings. The fourth-order valence-electron chi connectivity index (χ4n) is 2.79. The first-order valence-corrected chi connectivity index (χ1v) is 7.84. The summed E-state index contributed by atoms with van der Waals surface area (Å²) < 4.78 is 0. The Bertz CT molecular complexity index is 768. The van der Waals surface area contributed by atoms with Gasteiger partial charge in [0.1, 0.15) is 0 Å². The van der Waals surface area contributed by atoms with Crippen LogP contribution in [0.5, 0.6) is 0 Å². The van der Waals surface area contributed by atoms with E-state index < -0.39 is 0 Å². The Labute approximate surface area is 136 Å². The van der Waals surface area contributed by atoms with Crippen LogP contribution in [0.2, 0.25) is 0 Å². The second-order valence-electron chi connectivity index (χ2n) is 5.92. The molecule has 118 valence electrons. The van der Waals surface area contributed by atoms with Crippen molar-refractivity contribution in [3.8, 4) is 0 Å². The maximum Gasteiger partial charge on any atom is 0.255 e. The van der Waals surface area contributed by atoms with Gasteiger partial charge in [0, 0.05) is 18.5 Å². The quantitative estimate of drug-likeness (QED) is 0.940. The smallest absolute Gasteiger partial charge is 0.255 e. The summed E-state index contributed by atoms with van der Waals surface area (Å²) in [5.74, 6) is -0.0509. The molecule has 0 radical (unpaired) electrons. The van der Waals surface area contributed by atoms with Crippen molar-refractivity contribution in [3.63, 3.8) is 0 Å². The van der Waals surface area contributed by atoms with Crippen molar-refractivity contribution >= 4 is 23.2 Å². The minimum absolute atomic E-state index is 0.109. The lowest BCUT2D eigenvalue weighted by atomic mass is 10.1. The molecule has 4 nitrogen and oxygen atoms in total. The zero-order valence-corrected chi connectivity index (χ0v) is 13.4. The Hall–Kier alpha value is -2.62. The molecule has 0 aromatic heterocycles. The van der Waals surface area contributed by atoms with E-state index in [1.165, 1.54) is 0 Å². The Balaban J connectivity index is 1.86. The third-order valence-electron chi connectivity index (χ3n) is 4.29. The molecule has 0 aliphatic carbocycles. The first-order chi connectivity index (χ1) is 11.1. The molecule has 3 rings (SSSR count). The molecule has 1 N–H and O–H groups in total. The molecule has 1 saturated heterocycles. The van der Waals surface area contributed by atoms with E-state index in [0.717, 1.165) is 23.2 Å². The summed E-state index contributed by atoms with van der Waals surface area (Å²) >= 11 is 0. The molecule has 4 heteroatoms. The summed E-state index contributed by atoms with van der Waals surface area (Å²) in [7, 11) is 0. The Morgan fingerprint density at radius 2 is 1.87 bits per heavy atom. The normalized spacial score (nSPS) is 14.2. The van der Waals surface area contributed by atoms with Crippen molar-refractivity contribution in [2.45, 2.75) is 26.7 Å². The second kappa shape index (κ2) is 6.24. The number of anilines is 2. The number of nitrogens with one attached hydrogen (secondary N) is 1. The molecule has 1 aliphatic heterocycles. The van der Waals surface area contributed by atoms with E-state index in [4.69, 9.17) is 0 Å². The zero-order valence-electron chi connectivity index (χ0n) is 13.4. The van der Waals surface area contributed by atoms with Gasteiger partial charge < -0.3 is 10.2 Å². The van der Waals surface area contributed by atoms with E-state index in [1.54, 1.807) is 4.90 Å². The topological polar surface area (TPSA) is 49.4 Å². The predicted octanol–water partition coefficient (Wildman–Crippen LogP) is 3.68. The van der Waals surface area contributed by atoms with Crippen molar-refractivity contribution < 1.29 is 9.59 Å². The van der Waals surface area contributed by atoms with Crippen LogP contribution in [0.15, 0.2) is 42.5 Å². The molecule has 2 aromatic rings. The van der Waals surface area contributed by atoms with Gasteiger partial charge in [0.05, 0.1) is 11.4 Å². The molecule has 0 atom stereocenters. The van der Waals surface area contributed by atoms with Gasteiger partial charge in [-0.2, -0.15) is 0 Å². The van der Waals surface area contributed by atoms with Gasteiger partial charge in [0.25, 0.3) is 5.91 Å². The average molecular weight is 308 g/mol. The SMILES string of the molecule is Cc1ccc(C(=O)Nc2ccccc2N2CCCC2=O)cc1C. The lowest BCUT2D eigenvalue weighted by molar-refractivity contribution is -0.117. The summed E-state index contributed by atoms with van der Waals surface area (Å²) in [4.78, 5) is 26.2. The summed E-state index contributed by atoms with van der Waals surface area (Å²) in [6.45, 7) is 4.71. The molecule has 0 unspecified atom stereocenters. The Kier molecular flexibility index (Phi) is 4.15. The Morgan fingerprint density at radius 3 is 2.57 bits per heavy atom. The van der Waals surface area contributed by atoms with Gasteiger partial charge in [-0.25, -0.2) is 0 Å². The number of carbonyl (C=O) groups is 2. The van der Waals surface area contributed by atoms with Crippen molar-refractivity contribution in [2.75, 3.05) is 16.8 Å². The molecule has 23 heavy (non-hydrogen) atoms. The number of rotatable bonds is 3. The minimum atomic E-state index is -0.160. The molecule has 2 amide bonds. The number of benzene rings is 2. The van der Waals surface area contributed by atoms with Gasteiger partial charge in [-0.15, -0.1) is 0 Å².